The second-order valence-electron chi connectivity index (χ2n) is 8.33. The largest absolute Gasteiger partial charge is 0.489 e. The van der Waals surface area contributed by atoms with Gasteiger partial charge in [-0.25, -0.2) is 9.78 Å². The van der Waals surface area contributed by atoms with Crippen LogP contribution in [-0.4, -0.2) is 40.2 Å². The summed E-state index contributed by atoms with van der Waals surface area (Å²) in [5.41, 5.74) is 6.66. The van der Waals surface area contributed by atoms with Crippen LogP contribution in [0.5, 0.6) is 11.5 Å². The highest BCUT2D eigenvalue weighted by molar-refractivity contribution is 5.95. The molecule has 0 saturated heterocycles. The molecule has 4 N–H and O–H groups in total. The highest BCUT2D eigenvalue weighted by Crippen LogP contribution is 2.37. The number of carbonyl (C=O) groups excluding carboxylic acids is 1. The zero-order valence-electron chi connectivity index (χ0n) is 20.1. The van der Waals surface area contributed by atoms with Crippen molar-refractivity contribution in [3.63, 3.8) is 0 Å². The molecule has 3 aromatic rings. The topological polar surface area (TPSA) is 150 Å². The SMILES string of the molecule is C[C@H](N)c1oc(-c2ccc(OC(F)F)c(OCC3CC3)c2)nc1CNC(=O)c1cc(C(=O)O)ccn1.Cl.Cl. The van der Waals surface area contributed by atoms with Crippen LogP contribution in [0.15, 0.2) is 40.9 Å². The standard InChI is InChI=1S/C24H24F2N4O6.2ClH/c1-12(27)20-17(10-29-21(31)16-8-15(23(32)33)6-7-28-16)30-22(36-20)14-4-5-18(35-24(25)26)19(9-14)34-11-13-2-3-13;;/h4-9,12-13,24H,2-3,10-11,27H2,1H3,(H,29,31)(H,32,33);2*1H/t12-;;/m0../s1. The molecule has 2 heterocycles. The van der Waals surface area contributed by atoms with Gasteiger partial charge in [0.15, 0.2) is 11.5 Å². The van der Waals surface area contributed by atoms with Crippen molar-refractivity contribution in [3.8, 4) is 23.0 Å². The van der Waals surface area contributed by atoms with Crippen molar-refractivity contribution in [1.82, 2.24) is 15.3 Å². The van der Waals surface area contributed by atoms with Crippen molar-refractivity contribution in [2.24, 2.45) is 11.7 Å². The van der Waals surface area contributed by atoms with E-state index in [0.717, 1.165) is 18.9 Å². The first kappa shape index (κ1) is 30.7. The van der Waals surface area contributed by atoms with Crippen molar-refractivity contribution in [2.45, 2.75) is 39.0 Å². The third-order valence-electron chi connectivity index (χ3n) is 5.38. The van der Waals surface area contributed by atoms with E-state index >= 15 is 0 Å². The zero-order chi connectivity index (χ0) is 25.8. The lowest BCUT2D eigenvalue weighted by Crippen LogP contribution is -2.25. The average molecular weight is 575 g/mol. The lowest BCUT2D eigenvalue weighted by Gasteiger charge is -2.12. The lowest BCUT2D eigenvalue weighted by atomic mass is 10.2. The number of aromatic nitrogens is 2. The fourth-order valence-electron chi connectivity index (χ4n) is 3.35. The first-order valence-corrected chi connectivity index (χ1v) is 11.2. The molecule has 38 heavy (non-hydrogen) atoms. The number of benzene rings is 1. The minimum atomic E-state index is -3.01. The quantitative estimate of drug-likeness (QED) is 0.298. The molecule has 14 heteroatoms. The van der Waals surface area contributed by atoms with Gasteiger partial charge >= 0.3 is 12.6 Å². The number of nitrogens with two attached hydrogens (primary N) is 1. The smallest absolute Gasteiger partial charge is 0.387 e. The van der Waals surface area contributed by atoms with Crippen LogP contribution < -0.4 is 20.5 Å². The van der Waals surface area contributed by atoms with Gasteiger partial charge in [-0.1, -0.05) is 0 Å². The van der Waals surface area contributed by atoms with E-state index in [4.69, 9.17) is 20.0 Å². The van der Waals surface area contributed by atoms with Crippen LogP contribution in [0.4, 0.5) is 8.78 Å². The number of aromatic carboxylic acids is 1. The van der Waals surface area contributed by atoms with Gasteiger partial charge in [0.2, 0.25) is 5.89 Å². The molecule has 1 aliphatic carbocycles. The molecule has 0 radical (unpaired) electrons. The average Bonchev–Trinajstić information content (AvgIpc) is 3.58. The number of carboxylic acids is 1. The molecule has 1 saturated carbocycles. The first-order valence-electron chi connectivity index (χ1n) is 11.2. The highest BCUT2D eigenvalue weighted by Gasteiger charge is 2.24. The van der Waals surface area contributed by atoms with Crippen LogP contribution in [0.2, 0.25) is 0 Å². The number of pyridine rings is 1. The van der Waals surface area contributed by atoms with Gasteiger partial charge in [0.25, 0.3) is 5.91 Å². The summed E-state index contributed by atoms with van der Waals surface area (Å²) in [5, 5.41) is 11.7. The highest BCUT2D eigenvalue weighted by atomic mass is 35.5. The molecule has 1 fully saturated rings. The van der Waals surface area contributed by atoms with E-state index < -0.39 is 24.5 Å². The Morgan fingerprint density at radius 3 is 2.58 bits per heavy atom. The van der Waals surface area contributed by atoms with Crippen LogP contribution >= 0.6 is 24.8 Å². The van der Waals surface area contributed by atoms with E-state index in [9.17, 15) is 18.4 Å². The Morgan fingerprint density at radius 2 is 1.95 bits per heavy atom. The third-order valence-corrected chi connectivity index (χ3v) is 5.38. The molecule has 0 aliphatic heterocycles. The summed E-state index contributed by atoms with van der Waals surface area (Å²) in [7, 11) is 0. The van der Waals surface area contributed by atoms with Gasteiger partial charge in [-0.15, -0.1) is 24.8 Å². The number of hydrogen-bond acceptors (Lipinski definition) is 8. The van der Waals surface area contributed by atoms with E-state index in [2.05, 4.69) is 20.0 Å². The van der Waals surface area contributed by atoms with Gasteiger partial charge < -0.3 is 30.0 Å². The molecular weight excluding hydrogens is 549 g/mol. The van der Waals surface area contributed by atoms with Crippen molar-refractivity contribution in [1.29, 1.82) is 0 Å². The Bertz CT molecular complexity index is 1270. The summed E-state index contributed by atoms with van der Waals surface area (Å²) in [4.78, 5) is 32.0. The maximum absolute atomic E-state index is 12.8. The van der Waals surface area contributed by atoms with Gasteiger partial charge in [0.1, 0.15) is 17.1 Å². The maximum atomic E-state index is 12.8. The number of alkyl halides is 2. The number of rotatable bonds is 11. The number of nitrogens with zero attached hydrogens (tertiary/aromatic N) is 2. The van der Waals surface area contributed by atoms with Crippen molar-refractivity contribution >= 4 is 36.7 Å². The van der Waals surface area contributed by atoms with Crippen molar-refractivity contribution in [3.05, 3.63) is 59.2 Å². The van der Waals surface area contributed by atoms with Gasteiger partial charge in [0.05, 0.1) is 24.8 Å². The van der Waals surface area contributed by atoms with Gasteiger partial charge in [-0.2, -0.15) is 8.78 Å². The predicted molar refractivity (Wildman–Crippen MR) is 136 cm³/mol. The number of carboxylic acid groups (broad SMARTS) is 1. The molecular formula is C24H26Cl2F2N4O6. The first-order chi connectivity index (χ1) is 17.2. The summed E-state index contributed by atoms with van der Waals surface area (Å²) >= 11 is 0. The minimum absolute atomic E-state index is 0. The molecule has 4 rings (SSSR count). The lowest BCUT2D eigenvalue weighted by molar-refractivity contribution is -0.0515. The third kappa shape index (κ3) is 7.76. The molecule has 1 atom stereocenters. The molecule has 0 unspecified atom stereocenters. The Hall–Kier alpha value is -3.48. The molecule has 0 bridgehead atoms. The second-order valence-corrected chi connectivity index (χ2v) is 8.33. The van der Waals surface area contributed by atoms with Gasteiger partial charge in [0, 0.05) is 11.8 Å². The second kappa shape index (κ2) is 13.4. The molecule has 206 valence electrons. The van der Waals surface area contributed by atoms with Crippen molar-refractivity contribution in [2.75, 3.05) is 6.61 Å². The summed E-state index contributed by atoms with van der Waals surface area (Å²) in [6.07, 6.45) is 3.27. The van der Waals surface area contributed by atoms with E-state index in [1.165, 1.54) is 30.5 Å². The molecule has 2 aromatic heterocycles. The number of hydrogen-bond donors (Lipinski definition) is 3. The normalized spacial score (nSPS) is 13.2. The van der Waals surface area contributed by atoms with Crippen molar-refractivity contribution < 1.29 is 37.4 Å². The molecule has 1 amide bonds. The summed E-state index contributed by atoms with van der Waals surface area (Å²) < 4.78 is 41.8. The Morgan fingerprint density at radius 1 is 1.21 bits per heavy atom. The Balaban J connectivity index is 0.00000253. The molecule has 0 spiro atoms. The van der Waals surface area contributed by atoms with Gasteiger partial charge in [-0.3, -0.25) is 9.78 Å². The number of halogens is 4. The number of carbonyl (C=O) groups is 2. The van der Waals surface area contributed by atoms with E-state index in [1.54, 1.807) is 6.92 Å². The maximum Gasteiger partial charge on any atom is 0.387 e. The molecule has 10 nitrogen and oxygen atoms in total. The van der Waals surface area contributed by atoms with Crippen LogP contribution in [0.25, 0.3) is 11.5 Å². The van der Waals surface area contributed by atoms with Crippen LogP contribution in [0.1, 0.15) is 58.1 Å². The van der Waals surface area contributed by atoms with Crippen LogP contribution in [-0.2, 0) is 6.54 Å². The summed E-state index contributed by atoms with van der Waals surface area (Å²) in [6, 6.07) is 6.21. The Kier molecular flexibility index (Phi) is 10.8. The fraction of sp³-hybridized carbons (Fsp3) is 0.333. The summed E-state index contributed by atoms with van der Waals surface area (Å²) in [5.74, 6) is -0.903. The van der Waals surface area contributed by atoms with Crippen LogP contribution in [0, 0.1) is 5.92 Å². The molecule has 1 aliphatic rings. The molecule has 1 aromatic carbocycles. The Labute approximate surface area is 228 Å². The van der Waals surface area contributed by atoms with E-state index in [1.807, 2.05) is 0 Å². The summed E-state index contributed by atoms with van der Waals surface area (Å²) in [6.45, 7) is -1.02. The predicted octanol–water partition coefficient (Wildman–Crippen LogP) is 4.62. The monoisotopic (exact) mass is 574 g/mol. The number of ether oxygens (including phenoxy) is 2. The zero-order valence-corrected chi connectivity index (χ0v) is 21.7. The minimum Gasteiger partial charge on any atom is -0.489 e. The number of nitrogens with one attached hydrogen (secondary N) is 1. The fourth-order valence-corrected chi connectivity index (χ4v) is 3.35. The number of amides is 1. The number of oxazole rings is 1. The van der Waals surface area contributed by atoms with E-state index in [-0.39, 0.29) is 60.0 Å². The van der Waals surface area contributed by atoms with Crippen LogP contribution in [0.3, 0.4) is 0 Å². The van der Waals surface area contributed by atoms with Gasteiger partial charge in [-0.05, 0) is 56.0 Å². The van der Waals surface area contributed by atoms with E-state index in [0.29, 0.717) is 29.5 Å².